The predicted octanol–water partition coefficient (Wildman–Crippen LogP) is 2.61. The van der Waals surface area contributed by atoms with E-state index in [4.69, 9.17) is 14.3 Å². The zero-order chi connectivity index (χ0) is 15.4. The van der Waals surface area contributed by atoms with Gasteiger partial charge in [-0.25, -0.2) is 9.59 Å². The molecule has 1 N–H and O–H groups in total. The Morgan fingerprint density at radius 3 is 2.71 bits per heavy atom. The highest BCUT2D eigenvalue weighted by molar-refractivity contribution is 14.1. The summed E-state index contributed by atoms with van der Waals surface area (Å²) in [4.78, 5) is 33.9. The summed E-state index contributed by atoms with van der Waals surface area (Å²) in [6.07, 6.45) is 1.03. The third-order valence-corrected chi connectivity index (χ3v) is 3.45. The van der Waals surface area contributed by atoms with Crippen LogP contribution in [0.2, 0.25) is 0 Å². The summed E-state index contributed by atoms with van der Waals surface area (Å²) in [6.45, 7) is 0. The second-order valence-corrected chi connectivity index (χ2v) is 5.30. The molecular weight excluding hydrogens is 391 g/mol. The number of hydrogen-bond acceptors (Lipinski definition) is 5. The smallest absolute Gasteiger partial charge is 0.351 e. The number of rotatable bonds is 5. The number of carboxylic acids is 1. The van der Waals surface area contributed by atoms with Crippen molar-refractivity contribution < 1.29 is 23.8 Å². The van der Waals surface area contributed by atoms with E-state index in [-0.39, 0.29) is 17.3 Å². The predicted molar refractivity (Wildman–Crippen MR) is 83.2 cm³/mol. The van der Waals surface area contributed by atoms with Gasteiger partial charge in [0.05, 0.1) is 0 Å². The van der Waals surface area contributed by atoms with Gasteiger partial charge in [-0.05, 0) is 24.6 Å². The maximum Gasteiger partial charge on any atom is 0.351 e. The topological polar surface area (TPSA) is 93.8 Å². The number of carboxylic acid groups (broad SMARTS) is 1. The number of aromatic carboxylic acids is 1. The lowest BCUT2D eigenvalue weighted by molar-refractivity contribution is -0.134. The van der Waals surface area contributed by atoms with Crippen LogP contribution >= 0.6 is 22.6 Å². The lowest BCUT2D eigenvalue weighted by Gasteiger charge is -2.05. The normalized spacial score (nSPS) is 10.5. The second kappa shape index (κ2) is 6.70. The lowest BCUT2D eigenvalue weighted by Crippen LogP contribution is -2.13. The fraction of sp³-hybridized carbons (Fsp3) is 0.214. The first-order chi connectivity index (χ1) is 10.0. The molecule has 0 aliphatic carbocycles. The van der Waals surface area contributed by atoms with E-state index in [1.807, 2.05) is 0 Å². The summed E-state index contributed by atoms with van der Waals surface area (Å²) in [6, 6.07) is 5.68. The number of fused-ring (bicyclic) bond motifs is 1. The molecule has 0 atom stereocenters. The Kier molecular flexibility index (Phi) is 4.94. The zero-order valence-corrected chi connectivity index (χ0v) is 13.0. The van der Waals surface area contributed by atoms with Crippen molar-refractivity contribution in [3.8, 4) is 5.75 Å². The van der Waals surface area contributed by atoms with E-state index >= 15 is 0 Å². The first-order valence-corrected chi connectivity index (χ1v) is 7.61. The van der Waals surface area contributed by atoms with Crippen LogP contribution in [-0.2, 0) is 4.79 Å². The number of carbonyl (C=O) groups excluding carboxylic acids is 1. The maximum atomic E-state index is 11.5. The highest BCUT2D eigenvalue weighted by atomic mass is 127. The van der Waals surface area contributed by atoms with Crippen molar-refractivity contribution in [3.63, 3.8) is 0 Å². The first kappa shape index (κ1) is 15.5. The van der Waals surface area contributed by atoms with Crippen molar-refractivity contribution in [1.29, 1.82) is 0 Å². The molecule has 1 aromatic carbocycles. The molecule has 0 saturated heterocycles. The number of esters is 1. The van der Waals surface area contributed by atoms with E-state index in [9.17, 15) is 14.4 Å². The zero-order valence-electron chi connectivity index (χ0n) is 10.8. The molecule has 1 heterocycles. The molecule has 0 saturated carbocycles. The summed E-state index contributed by atoms with van der Waals surface area (Å²) in [5.74, 6) is -1.46. The molecule has 6 nitrogen and oxygen atoms in total. The van der Waals surface area contributed by atoms with Gasteiger partial charge in [0, 0.05) is 22.3 Å². The lowest BCUT2D eigenvalue weighted by atomic mass is 10.2. The SMILES string of the molecule is O=C(CCCI)Oc1ccc2cc(C(=O)O)c(=O)oc2c1. The van der Waals surface area contributed by atoms with Crippen LogP contribution < -0.4 is 10.4 Å². The van der Waals surface area contributed by atoms with Crippen molar-refractivity contribution in [1.82, 2.24) is 0 Å². The van der Waals surface area contributed by atoms with E-state index in [1.54, 1.807) is 0 Å². The van der Waals surface area contributed by atoms with E-state index in [0.717, 1.165) is 10.8 Å². The van der Waals surface area contributed by atoms with E-state index in [2.05, 4.69) is 22.6 Å². The molecular formula is C14H11IO6. The minimum atomic E-state index is -1.35. The fourth-order valence-electron chi connectivity index (χ4n) is 1.70. The number of benzene rings is 1. The number of hydrogen-bond donors (Lipinski definition) is 1. The Morgan fingerprint density at radius 1 is 1.29 bits per heavy atom. The number of halogens is 1. The molecule has 0 fully saturated rings. The van der Waals surface area contributed by atoms with Gasteiger partial charge in [-0.3, -0.25) is 4.79 Å². The van der Waals surface area contributed by atoms with Gasteiger partial charge >= 0.3 is 17.6 Å². The molecule has 0 aliphatic rings. The summed E-state index contributed by atoms with van der Waals surface area (Å²) in [5.41, 5.74) is -1.21. The standard InChI is InChI=1S/C14H11IO6/c15-5-1-2-12(16)20-9-4-3-8-6-10(13(17)18)14(19)21-11(8)7-9/h3-4,6-7H,1-2,5H2,(H,17,18). The molecule has 0 radical (unpaired) electrons. The summed E-state index contributed by atoms with van der Waals surface area (Å²) in [5, 5.41) is 9.29. The van der Waals surface area contributed by atoms with Crippen LogP contribution in [0.5, 0.6) is 5.75 Å². The Morgan fingerprint density at radius 2 is 2.05 bits per heavy atom. The van der Waals surface area contributed by atoms with Crippen molar-refractivity contribution in [3.05, 3.63) is 40.2 Å². The number of alkyl halides is 1. The van der Waals surface area contributed by atoms with Crippen molar-refractivity contribution in [2.45, 2.75) is 12.8 Å². The van der Waals surface area contributed by atoms with Gasteiger partial charge in [0.2, 0.25) is 0 Å². The highest BCUT2D eigenvalue weighted by Gasteiger charge is 2.13. The molecule has 0 aliphatic heterocycles. The molecule has 0 spiro atoms. The third kappa shape index (κ3) is 3.81. The molecule has 1 aromatic heterocycles. The summed E-state index contributed by atoms with van der Waals surface area (Å²) >= 11 is 2.17. The number of ether oxygens (including phenoxy) is 1. The molecule has 7 heteroatoms. The molecule has 21 heavy (non-hydrogen) atoms. The van der Waals surface area contributed by atoms with E-state index < -0.39 is 17.2 Å². The minimum Gasteiger partial charge on any atom is -0.477 e. The van der Waals surface area contributed by atoms with Crippen LogP contribution in [0.1, 0.15) is 23.2 Å². The van der Waals surface area contributed by atoms with Crippen LogP contribution in [0.4, 0.5) is 0 Å². The van der Waals surface area contributed by atoms with Crippen LogP contribution in [-0.4, -0.2) is 21.5 Å². The highest BCUT2D eigenvalue weighted by Crippen LogP contribution is 2.21. The van der Waals surface area contributed by atoms with Gasteiger partial charge in [0.25, 0.3) is 0 Å². The van der Waals surface area contributed by atoms with E-state index in [0.29, 0.717) is 11.8 Å². The van der Waals surface area contributed by atoms with Gasteiger partial charge in [0.15, 0.2) is 0 Å². The molecule has 0 bridgehead atoms. The number of carbonyl (C=O) groups is 2. The van der Waals surface area contributed by atoms with Gasteiger partial charge in [-0.1, -0.05) is 22.6 Å². The molecule has 2 rings (SSSR count). The Balaban J connectivity index is 2.30. The van der Waals surface area contributed by atoms with Crippen molar-refractivity contribution in [2.75, 3.05) is 4.43 Å². The van der Waals surface area contributed by atoms with Gasteiger partial charge in [-0.2, -0.15) is 0 Å². The monoisotopic (exact) mass is 402 g/mol. The largest absolute Gasteiger partial charge is 0.477 e. The minimum absolute atomic E-state index is 0.171. The fourth-order valence-corrected chi connectivity index (χ4v) is 2.08. The van der Waals surface area contributed by atoms with Crippen LogP contribution in [0.3, 0.4) is 0 Å². The average Bonchev–Trinajstić information content (AvgIpc) is 2.44. The van der Waals surface area contributed by atoms with E-state index in [1.165, 1.54) is 24.3 Å². The Hall–Kier alpha value is -1.90. The maximum absolute atomic E-state index is 11.5. The van der Waals surface area contributed by atoms with Crippen molar-refractivity contribution in [2.24, 2.45) is 0 Å². The molecule has 0 unspecified atom stereocenters. The Bertz CT molecular complexity index is 749. The molecule has 2 aromatic rings. The first-order valence-electron chi connectivity index (χ1n) is 6.09. The second-order valence-electron chi connectivity index (χ2n) is 4.22. The molecule has 0 amide bonds. The molecule has 110 valence electrons. The average molecular weight is 402 g/mol. The summed E-state index contributed by atoms with van der Waals surface area (Å²) < 4.78 is 10.9. The van der Waals surface area contributed by atoms with Gasteiger partial charge < -0.3 is 14.3 Å². The Labute approximate surface area is 132 Å². The third-order valence-electron chi connectivity index (χ3n) is 2.68. The van der Waals surface area contributed by atoms with Crippen LogP contribution in [0, 0.1) is 0 Å². The quantitative estimate of drug-likeness (QED) is 0.272. The van der Waals surface area contributed by atoms with Gasteiger partial charge in [-0.15, -0.1) is 0 Å². The van der Waals surface area contributed by atoms with Gasteiger partial charge in [0.1, 0.15) is 16.9 Å². The summed E-state index contributed by atoms with van der Waals surface area (Å²) in [7, 11) is 0. The van der Waals surface area contributed by atoms with Crippen LogP contribution in [0.15, 0.2) is 33.5 Å². The van der Waals surface area contributed by atoms with Crippen LogP contribution in [0.25, 0.3) is 11.0 Å². The van der Waals surface area contributed by atoms with Crippen molar-refractivity contribution >= 4 is 45.5 Å².